The molecule has 4 aliphatic rings. The molecule has 0 saturated heterocycles. The van der Waals surface area contributed by atoms with Crippen LogP contribution in [0.3, 0.4) is 0 Å². The van der Waals surface area contributed by atoms with E-state index in [1.165, 1.54) is 117 Å². The van der Waals surface area contributed by atoms with Gasteiger partial charge in [0.2, 0.25) is 0 Å². The van der Waals surface area contributed by atoms with E-state index >= 15 is 0 Å². The molecule has 1 heteroatoms. The Morgan fingerprint density at radius 2 is 0.562 bits per heavy atom. The lowest BCUT2D eigenvalue weighted by atomic mass is 9.52. The molecule has 1 nitrogen and oxygen atoms in total. The molecule has 0 saturated carbocycles. The lowest BCUT2D eigenvalue weighted by Gasteiger charge is -2.58. The summed E-state index contributed by atoms with van der Waals surface area (Å²) in [5, 5.41) is 0. The summed E-state index contributed by atoms with van der Waals surface area (Å²) < 4.78 is 0. The summed E-state index contributed by atoms with van der Waals surface area (Å²) in [7, 11) is 0. The predicted octanol–water partition coefficient (Wildman–Crippen LogP) is 15.4. The van der Waals surface area contributed by atoms with E-state index in [1.807, 2.05) is 0 Å². The maximum atomic E-state index is 2.75. The fourth-order valence-electron chi connectivity index (χ4n) is 12.4. The van der Waals surface area contributed by atoms with Crippen LogP contribution in [-0.4, -0.2) is 0 Å². The molecule has 8 aromatic rings. The average Bonchev–Trinajstić information content (AvgIpc) is 3.32. The number of para-hydroxylation sites is 3. The van der Waals surface area contributed by atoms with Gasteiger partial charge in [0.15, 0.2) is 0 Å². The summed E-state index contributed by atoms with van der Waals surface area (Å²) >= 11 is 0. The zero-order chi connectivity index (χ0) is 43.5. The van der Waals surface area contributed by atoms with Crippen molar-refractivity contribution >= 4 is 17.1 Å². The molecule has 0 radical (unpaired) electrons. The smallest absolute Gasteiger partial charge is 0.0742 e. The van der Waals surface area contributed by atoms with Gasteiger partial charge in [0.25, 0.3) is 0 Å². The number of aryl methyl sites for hydroxylation is 5. The van der Waals surface area contributed by atoms with Crippen LogP contribution in [0.15, 0.2) is 199 Å². The van der Waals surface area contributed by atoms with Gasteiger partial charge in [-0.1, -0.05) is 227 Å². The van der Waals surface area contributed by atoms with Crippen molar-refractivity contribution < 1.29 is 0 Å². The summed E-state index contributed by atoms with van der Waals surface area (Å²) in [4.78, 5) is 2.75. The Labute approximate surface area is 379 Å². The van der Waals surface area contributed by atoms with Crippen LogP contribution in [0.5, 0.6) is 0 Å². The third kappa shape index (κ3) is 5.01. The Bertz CT molecular complexity index is 2970. The molecule has 1 aliphatic carbocycles. The molecule has 310 valence electrons. The zero-order valence-corrected chi connectivity index (χ0v) is 37.8. The Morgan fingerprint density at radius 1 is 0.297 bits per heavy atom. The molecular formula is C63H53N. The van der Waals surface area contributed by atoms with E-state index in [4.69, 9.17) is 0 Å². The first-order chi connectivity index (χ1) is 31.2. The van der Waals surface area contributed by atoms with Crippen LogP contribution < -0.4 is 4.90 Å². The highest BCUT2D eigenvalue weighted by Crippen LogP contribution is 2.71. The summed E-state index contributed by atoms with van der Waals surface area (Å²) in [6.07, 6.45) is 6.89. The van der Waals surface area contributed by atoms with Gasteiger partial charge < -0.3 is 4.90 Å². The topological polar surface area (TPSA) is 3.24 Å². The number of hydrogen-bond donors (Lipinski definition) is 0. The monoisotopic (exact) mass is 823 g/mol. The first kappa shape index (κ1) is 38.7. The summed E-state index contributed by atoms with van der Waals surface area (Å²) in [6.45, 7) is 13.3. The van der Waals surface area contributed by atoms with Gasteiger partial charge in [-0.05, 0) is 116 Å². The van der Waals surface area contributed by atoms with E-state index in [0.29, 0.717) is 0 Å². The SMILES string of the molecule is CC1=CC=C(C2(c3ccc(C)cc3)c3cccc4c3N3c5c2cccc5C(c2ccc(C)cc2)(c2ccc(C)cc2)c2cccc(c23)C4(c2ccc(C)cc2)c2ccc(C)cc2)CC1. The van der Waals surface area contributed by atoms with E-state index in [1.54, 1.807) is 0 Å². The molecule has 0 unspecified atom stereocenters. The van der Waals surface area contributed by atoms with Crippen molar-refractivity contribution in [2.45, 2.75) is 70.6 Å². The standard InChI is InChI=1S/C63H53N/c1-40-16-28-46(29-17-40)61(47-30-18-41(2)19-31-47)52-10-7-12-54-58(52)64-59-53(61)11-8-13-55(59)63(50-36-24-44(5)25-37-50,51-38-26-45(6)27-39-51)57-15-9-14-56(60(57)64)62(54,48-32-20-42(3)21-33-48)49-34-22-43(4)23-35-49/h7-26,28-38H,27,39H2,1-6H3. The van der Waals surface area contributed by atoms with Crippen LogP contribution in [0.25, 0.3) is 0 Å². The molecule has 64 heavy (non-hydrogen) atoms. The number of allylic oxidation sites excluding steroid dienone is 4. The Morgan fingerprint density at radius 3 is 0.828 bits per heavy atom. The second kappa shape index (κ2) is 14.0. The minimum Gasteiger partial charge on any atom is -0.308 e. The Balaban J connectivity index is 1.37. The van der Waals surface area contributed by atoms with E-state index in [2.05, 4.69) is 235 Å². The normalized spacial score (nSPS) is 16.7. The molecule has 0 bridgehead atoms. The van der Waals surface area contributed by atoms with Gasteiger partial charge in [-0.3, -0.25) is 0 Å². The maximum Gasteiger partial charge on any atom is 0.0742 e. The van der Waals surface area contributed by atoms with Gasteiger partial charge >= 0.3 is 0 Å². The van der Waals surface area contributed by atoms with Crippen LogP contribution in [0, 0.1) is 34.6 Å². The highest BCUT2D eigenvalue weighted by atomic mass is 15.2. The second-order valence-electron chi connectivity index (χ2n) is 19.2. The number of hydrogen-bond acceptors (Lipinski definition) is 1. The van der Waals surface area contributed by atoms with Crippen LogP contribution in [0.4, 0.5) is 17.1 Å². The summed E-state index contributed by atoms with van der Waals surface area (Å²) in [5.41, 5.74) is 25.6. The fourth-order valence-corrected chi connectivity index (χ4v) is 12.4. The van der Waals surface area contributed by atoms with Gasteiger partial charge in [-0.2, -0.15) is 0 Å². The van der Waals surface area contributed by atoms with Crippen molar-refractivity contribution in [1.82, 2.24) is 0 Å². The van der Waals surface area contributed by atoms with Gasteiger partial charge in [0, 0.05) is 0 Å². The van der Waals surface area contributed by atoms with Crippen LogP contribution in [0.1, 0.15) is 109 Å². The number of rotatable bonds is 6. The third-order valence-corrected chi connectivity index (χ3v) is 15.5. The van der Waals surface area contributed by atoms with E-state index in [9.17, 15) is 0 Å². The van der Waals surface area contributed by atoms with E-state index in [-0.39, 0.29) is 0 Å². The summed E-state index contributed by atoms with van der Waals surface area (Å²) in [5.74, 6) is 0. The van der Waals surface area contributed by atoms with Crippen LogP contribution in [-0.2, 0) is 16.2 Å². The van der Waals surface area contributed by atoms with Gasteiger partial charge in [-0.15, -0.1) is 0 Å². The molecule has 0 aromatic heterocycles. The van der Waals surface area contributed by atoms with Gasteiger partial charge in [-0.25, -0.2) is 0 Å². The molecule has 0 N–H and O–H groups in total. The zero-order valence-electron chi connectivity index (χ0n) is 37.8. The molecular weight excluding hydrogens is 771 g/mol. The largest absolute Gasteiger partial charge is 0.308 e. The lowest BCUT2D eigenvalue weighted by Crippen LogP contribution is -2.49. The second-order valence-corrected chi connectivity index (χ2v) is 19.2. The van der Waals surface area contributed by atoms with Crippen LogP contribution in [0.2, 0.25) is 0 Å². The third-order valence-electron chi connectivity index (χ3n) is 15.5. The summed E-state index contributed by atoms with van der Waals surface area (Å²) in [6, 6.07) is 69.2. The lowest BCUT2D eigenvalue weighted by molar-refractivity contribution is 0.628. The molecule has 3 aliphatic heterocycles. The number of anilines is 3. The van der Waals surface area contributed by atoms with Crippen molar-refractivity contribution in [2.24, 2.45) is 0 Å². The molecule has 0 fully saturated rings. The Hall–Kier alpha value is -6.96. The quantitative estimate of drug-likeness (QED) is 0.161. The van der Waals surface area contributed by atoms with Gasteiger partial charge in [0.1, 0.15) is 0 Å². The molecule has 0 amide bonds. The van der Waals surface area contributed by atoms with Crippen molar-refractivity contribution in [3.63, 3.8) is 0 Å². The molecule has 0 spiro atoms. The highest BCUT2D eigenvalue weighted by Gasteiger charge is 2.60. The van der Waals surface area contributed by atoms with E-state index in [0.717, 1.165) is 12.8 Å². The van der Waals surface area contributed by atoms with E-state index < -0.39 is 16.2 Å². The van der Waals surface area contributed by atoms with Crippen LogP contribution >= 0.6 is 0 Å². The highest BCUT2D eigenvalue weighted by molar-refractivity contribution is 6.03. The first-order valence-electron chi connectivity index (χ1n) is 23.1. The van der Waals surface area contributed by atoms with Crippen molar-refractivity contribution in [2.75, 3.05) is 4.90 Å². The maximum absolute atomic E-state index is 2.75. The predicted molar refractivity (Wildman–Crippen MR) is 266 cm³/mol. The average molecular weight is 824 g/mol. The van der Waals surface area contributed by atoms with Crippen molar-refractivity contribution in [1.29, 1.82) is 0 Å². The molecule has 8 aromatic carbocycles. The van der Waals surface area contributed by atoms with Crippen molar-refractivity contribution in [3.8, 4) is 0 Å². The minimum absolute atomic E-state index is 0.583. The fraction of sp³-hybridized carbons (Fsp3) is 0.175. The minimum atomic E-state index is -0.652. The first-order valence-corrected chi connectivity index (χ1v) is 23.1. The number of benzene rings is 8. The number of nitrogens with zero attached hydrogens (tertiary/aromatic N) is 1. The van der Waals surface area contributed by atoms with Gasteiger partial charge in [0.05, 0.1) is 33.3 Å². The molecule has 12 rings (SSSR count). The van der Waals surface area contributed by atoms with Crippen molar-refractivity contribution in [3.05, 3.63) is 288 Å². The molecule has 0 atom stereocenters. The Kier molecular flexibility index (Phi) is 8.48. The molecule has 3 heterocycles.